The van der Waals surface area contributed by atoms with Crippen LogP contribution in [0.1, 0.15) is 30.5 Å². The number of likely N-dealkylation sites (tertiary alicyclic amines) is 1. The standard InChI is InChI=1S/C22H23FN4O/c23-18-7-9-19(10-8-18)25-22(28)21(17-5-2-1-3-6-17)26-15-11-20(12-16-26)27-14-4-13-24-27/h1-10,13-14,20-21H,11-12,15-16H2,(H,25,28)/t21-/m1/s1. The Hall–Kier alpha value is -2.99. The highest BCUT2D eigenvalue weighted by Gasteiger charge is 2.31. The molecule has 5 nitrogen and oxygen atoms in total. The summed E-state index contributed by atoms with van der Waals surface area (Å²) in [4.78, 5) is 15.4. The van der Waals surface area contributed by atoms with Crippen molar-refractivity contribution in [3.05, 3.63) is 84.4 Å². The summed E-state index contributed by atoms with van der Waals surface area (Å²) < 4.78 is 15.2. The van der Waals surface area contributed by atoms with Crippen LogP contribution in [0.15, 0.2) is 73.1 Å². The van der Waals surface area contributed by atoms with E-state index < -0.39 is 0 Å². The first-order valence-electron chi connectivity index (χ1n) is 9.55. The van der Waals surface area contributed by atoms with Gasteiger partial charge in [0.15, 0.2) is 0 Å². The summed E-state index contributed by atoms with van der Waals surface area (Å²) in [6.45, 7) is 1.61. The minimum Gasteiger partial charge on any atom is -0.324 e. The molecule has 0 saturated carbocycles. The zero-order valence-electron chi connectivity index (χ0n) is 15.5. The molecule has 1 amide bonds. The molecule has 0 spiro atoms. The second-order valence-electron chi connectivity index (χ2n) is 7.06. The van der Waals surface area contributed by atoms with E-state index in [1.165, 1.54) is 12.1 Å². The van der Waals surface area contributed by atoms with Gasteiger partial charge in [-0.15, -0.1) is 0 Å². The smallest absolute Gasteiger partial charge is 0.246 e. The van der Waals surface area contributed by atoms with E-state index in [0.717, 1.165) is 31.5 Å². The number of hydrogen-bond acceptors (Lipinski definition) is 3. The Morgan fingerprint density at radius 1 is 1.04 bits per heavy atom. The maximum absolute atomic E-state index is 13.2. The third kappa shape index (κ3) is 4.12. The molecule has 144 valence electrons. The molecule has 0 radical (unpaired) electrons. The molecule has 2 heterocycles. The van der Waals surface area contributed by atoms with E-state index >= 15 is 0 Å². The molecule has 0 unspecified atom stereocenters. The number of carbonyl (C=O) groups excluding carboxylic acids is 1. The summed E-state index contributed by atoms with van der Waals surface area (Å²) in [6, 6.07) is 17.6. The van der Waals surface area contributed by atoms with E-state index in [1.54, 1.807) is 18.3 Å². The van der Waals surface area contributed by atoms with E-state index in [2.05, 4.69) is 15.3 Å². The highest BCUT2D eigenvalue weighted by atomic mass is 19.1. The second kappa shape index (κ2) is 8.35. The Balaban J connectivity index is 1.51. The number of rotatable bonds is 5. The molecular formula is C22H23FN4O. The molecule has 1 atom stereocenters. The third-order valence-corrected chi connectivity index (χ3v) is 5.24. The van der Waals surface area contributed by atoms with Gasteiger partial charge in [-0.1, -0.05) is 30.3 Å². The lowest BCUT2D eigenvalue weighted by Crippen LogP contribution is -2.42. The van der Waals surface area contributed by atoms with Crippen LogP contribution in [0.4, 0.5) is 10.1 Å². The molecule has 1 aromatic heterocycles. The summed E-state index contributed by atoms with van der Waals surface area (Å²) in [7, 11) is 0. The molecule has 2 aromatic carbocycles. The van der Waals surface area contributed by atoms with Crippen LogP contribution in [0.2, 0.25) is 0 Å². The van der Waals surface area contributed by atoms with E-state index in [9.17, 15) is 9.18 Å². The van der Waals surface area contributed by atoms with Crippen LogP contribution in [-0.2, 0) is 4.79 Å². The van der Waals surface area contributed by atoms with Gasteiger partial charge in [0, 0.05) is 31.2 Å². The lowest BCUT2D eigenvalue weighted by molar-refractivity contribution is -0.122. The largest absolute Gasteiger partial charge is 0.324 e. The number of hydrogen-bond donors (Lipinski definition) is 1. The SMILES string of the molecule is O=C(Nc1ccc(F)cc1)[C@@H](c1ccccc1)N1CCC(n2cccn2)CC1. The van der Waals surface area contributed by atoms with E-state index in [1.807, 2.05) is 47.3 Å². The van der Waals surface area contributed by atoms with Crippen molar-refractivity contribution >= 4 is 11.6 Å². The summed E-state index contributed by atoms with van der Waals surface area (Å²) in [5, 5.41) is 7.29. The quantitative estimate of drug-likeness (QED) is 0.729. The molecule has 6 heteroatoms. The highest BCUT2D eigenvalue weighted by Crippen LogP contribution is 2.30. The molecule has 0 aliphatic carbocycles. The van der Waals surface area contributed by atoms with E-state index in [4.69, 9.17) is 0 Å². The number of aromatic nitrogens is 2. The fourth-order valence-electron chi connectivity index (χ4n) is 3.81. The first-order valence-corrected chi connectivity index (χ1v) is 9.55. The van der Waals surface area contributed by atoms with Gasteiger partial charge in [0.25, 0.3) is 0 Å². The van der Waals surface area contributed by atoms with Crippen molar-refractivity contribution in [3.63, 3.8) is 0 Å². The van der Waals surface area contributed by atoms with Crippen molar-refractivity contribution < 1.29 is 9.18 Å². The van der Waals surface area contributed by atoms with Crippen LogP contribution in [0.5, 0.6) is 0 Å². The molecular weight excluding hydrogens is 355 g/mol. The minimum atomic E-state index is -0.384. The van der Waals surface area contributed by atoms with Gasteiger partial charge >= 0.3 is 0 Å². The van der Waals surface area contributed by atoms with E-state index in [-0.39, 0.29) is 17.8 Å². The first-order chi connectivity index (χ1) is 13.7. The predicted octanol–water partition coefficient (Wildman–Crippen LogP) is 4.04. The maximum atomic E-state index is 13.2. The van der Waals surface area contributed by atoms with Crippen molar-refractivity contribution in [1.82, 2.24) is 14.7 Å². The molecule has 1 fully saturated rings. The van der Waals surface area contributed by atoms with E-state index in [0.29, 0.717) is 11.7 Å². The van der Waals surface area contributed by atoms with Crippen LogP contribution < -0.4 is 5.32 Å². The summed E-state index contributed by atoms with van der Waals surface area (Å²) in [6.07, 6.45) is 5.68. The van der Waals surface area contributed by atoms with Gasteiger partial charge in [-0.3, -0.25) is 14.4 Å². The average Bonchev–Trinajstić information content (AvgIpc) is 3.26. The van der Waals surface area contributed by atoms with Crippen molar-refractivity contribution in [2.75, 3.05) is 18.4 Å². The molecule has 1 saturated heterocycles. The second-order valence-corrected chi connectivity index (χ2v) is 7.06. The number of anilines is 1. The molecule has 1 aliphatic heterocycles. The van der Waals surface area contributed by atoms with Crippen LogP contribution in [0, 0.1) is 5.82 Å². The van der Waals surface area contributed by atoms with Gasteiger partial charge in [0.1, 0.15) is 11.9 Å². The number of benzene rings is 2. The van der Waals surface area contributed by atoms with Gasteiger partial charge in [0.2, 0.25) is 5.91 Å². The average molecular weight is 378 g/mol. The maximum Gasteiger partial charge on any atom is 0.246 e. The minimum absolute atomic E-state index is 0.102. The van der Waals surface area contributed by atoms with Crippen LogP contribution in [-0.4, -0.2) is 33.7 Å². The van der Waals surface area contributed by atoms with Crippen LogP contribution in [0.3, 0.4) is 0 Å². The van der Waals surface area contributed by atoms with Gasteiger partial charge < -0.3 is 5.32 Å². The monoisotopic (exact) mass is 378 g/mol. The number of nitrogens with one attached hydrogen (secondary N) is 1. The molecule has 4 rings (SSSR count). The van der Waals surface area contributed by atoms with Gasteiger partial charge in [0.05, 0.1) is 6.04 Å². The fourth-order valence-corrected chi connectivity index (χ4v) is 3.81. The van der Waals surface area contributed by atoms with Crippen molar-refractivity contribution in [2.24, 2.45) is 0 Å². The molecule has 1 N–H and O–H groups in total. The van der Waals surface area contributed by atoms with Crippen molar-refractivity contribution in [1.29, 1.82) is 0 Å². The zero-order valence-corrected chi connectivity index (χ0v) is 15.5. The lowest BCUT2D eigenvalue weighted by Gasteiger charge is -2.37. The Morgan fingerprint density at radius 3 is 2.39 bits per heavy atom. The fraction of sp³-hybridized carbons (Fsp3) is 0.273. The Morgan fingerprint density at radius 2 is 1.75 bits per heavy atom. The zero-order chi connectivity index (χ0) is 19.3. The summed E-state index contributed by atoms with van der Waals surface area (Å²) in [5.41, 5.74) is 1.55. The first kappa shape index (κ1) is 18.4. The van der Waals surface area contributed by atoms with Crippen molar-refractivity contribution in [2.45, 2.75) is 24.9 Å². The molecule has 0 bridgehead atoms. The highest BCUT2D eigenvalue weighted by molar-refractivity contribution is 5.95. The number of nitrogens with zero attached hydrogens (tertiary/aromatic N) is 3. The topological polar surface area (TPSA) is 50.2 Å². The Bertz CT molecular complexity index is 888. The predicted molar refractivity (Wildman–Crippen MR) is 106 cm³/mol. The van der Waals surface area contributed by atoms with Crippen molar-refractivity contribution in [3.8, 4) is 0 Å². The van der Waals surface area contributed by atoms with Gasteiger partial charge in [-0.2, -0.15) is 5.10 Å². The normalized spacial score (nSPS) is 16.6. The third-order valence-electron chi connectivity index (χ3n) is 5.24. The van der Waals surface area contributed by atoms with Crippen LogP contribution in [0.25, 0.3) is 0 Å². The molecule has 1 aliphatic rings. The molecule has 28 heavy (non-hydrogen) atoms. The Labute approximate surface area is 163 Å². The number of amides is 1. The number of carbonyl (C=O) groups is 1. The lowest BCUT2D eigenvalue weighted by atomic mass is 9.98. The molecule has 3 aromatic rings. The summed E-state index contributed by atoms with van der Waals surface area (Å²) in [5.74, 6) is -0.423. The summed E-state index contributed by atoms with van der Waals surface area (Å²) >= 11 is 0. The number of piperidine rings is 1. The Kier molecular flexibility index (Phi) is 5.48. The van der Waals surface area contributed by atoms with Gasteiger partial charge in [-0.25, -0.2) is 4.39 Å². The number of halogens is 1. The van der Waals surface area contributed by atoms with Gasteiger partial charge in [-0.05, 0) is 48.7 Å². The van der Waals surface area contributed by atoms with Crippen LogP contribution >= 0.6 is 0 Å².